The molecule has 0 unspecified atom stereocenters. The van der Waals surface area contributed by atoms with Gasteiger partial charge in [0, 0.05) is 31.0 Å². The lowest BCUT2D eigenvalue weighted by atomic mass is 10.2. The maximum absolute atomic E-state index is 8.69. The van der Waals surface area contributed by atoms with Gasteiger partial charge in [-0.1, -0.05) is 6.07 Å². The topological polar surface area (TPSA) is 37.2 Å². The number of fused-ring (bicyclic) bond motifs is 1. The van der Waals surface area contributed by atoms with Crippen molar-refractivity contribution in [2.75, 3.05) is 18.5 Å². The van der Waals surface area contributed by atoms with Gasteiger partial charge in [-0.2, -0.15) is 0 Å². The van der Waals surface area contributed by atoms with Crippen LogP contribution >= 0.6 is 12.4 Å². The second kappa shape index (κ2) is 5.05. The van der Waals surface area contributed by atoms with Crippen molar-refractivity contribution in [2.24, 2.45) is 7.05 Å². The van der Waals surface area contributed by atoms with Crippen LogP contribution in [0.2, 0.25) is 0 Å². The molecule has 0 bridgehead atoms. The lowest BCUT2D eigenvalue weighted by Crippen LogP contribution is -2.05. The fraction of sp³-hybridized carbons (Fsp3) is 0.273. The van der Waals surface area contributed by atoms with E-state index in [-0.39, 0.29) is 19.0 Å². The number of aliphatic hydroxyl groups is 1. The molecule has 2 aromatic rings. The predicted octanol–water partition coefficient (Wildman–Crippen LogP) is 2.00. The van der Waals surface area contributed by atoms with E-state index in [1.165, 1.54) is 10.9 Å². The summed E-state index contributed by atoms with van der Waals surface area (Å²) in [5, 5.41) is 13.1. The summed E-state index contributed by atoms with van der Waals surface area (Å²) in [4.78, 5) is 0. The normalized spacial score (nSPS) is 10.0. The molecule has 3 nitrogen and oxygen atoms in total. The second-order valence-corrected chi connectivity index (χ2v) is 3.35. The van der Waals surface area contributed by atoms with Gasteiger partial charge >= 0.3 is 0 Å². The lowest BCUT2D eigenvalue weighted by Gasteiger charge is -2.04. The molecule has 0 atom stereocenters. The third kappa shape index (κ3) is 2.43. The highest BCUT2D eigenvalue weighted by Gasteiger charge is 1.98. The summed E-state index contributed by atoms with van der Waals surface area (Å²) in [5.74, 6) is 0. The molecule has 2 N–H and O–H groups in total. The molecule has 0 amide bonds. The van der Waals surface area contributed by atoms with Gasteiger partial charge in [-0.3, -0.25) is 0 Å². The summed E-state index contributed by atoms with van der Waals surface area (Å²) in [6.07, 6.45) is 2.04. The summed E-state index contributed by atoms with van der Waals surface area (Å²) in [7, 11) is 2.03. The molecule has 1 aromatic carbocycles. The number of aromatic nitrogens is 1. The van der Waals surface area contributed by atoms with Gasteiger partial charge in [0.25, 0.3) is 0 Å². The SMILES string of the molecule is Cl.Cn1ccc2ccc(NCCO)cc21. The first kappa shape index (κ1) is 11.9. The molecule has 0 saturated carbocycles. The minimum absolute atomic E-state index is 0. The average molecular weight is 227 g/mol. The van der Waals surface area contributed by atoms with Gasteiger partial charge in [0.1, 0.15) is 0 Å². The predicted molar refractivity (Wildman–Crippen MR) is 65.7 cm³/mol. The Morgan fingerprint density at radius 1 is 1.33 bits per heavy atom. The van der Waals surface area contributed by atoms with Crippen LogP contribution in [0.15, 0.2) is 30.5 Å². The first-order valence-corrected chi connectivity index (χ1v) is 4.71. The summed E-state index contributed by atoms with van der Waals surface area (Å²) in [6.45, 7) is 0.751. The molecule has 0 fully saturated rings. The van der Waals surface area contributed by atoms with E-state index in [9.17, 15) is 0 Å². The summed E-state index contributed by atoms with van der Waals surface area (Å²) in [5.41, 5.74) is 2.25. The molecule has 2 rings (SSSR count). The molecular weight excluding hydrogens is 212 g/mol. The number of rotatable bonds is 3. The van der Waals surface area contributed by atoms with Crippen molar-refractivity contribution in [1.29, 1.82) is 0 Å². The third-order valence-corrected chi connectivity index (χ3v) is 2.33. The molecule has 15 heavy (non-hydrogen) atoms. The molecule has 1 heterocycles. The maximum Gasteiger partial charge on any atom is 0.0604 e. The number of anilines is 1. The van der Waals surface area contributed by atoms with E-state index >= 15 is 0 Å². The number of hydrogen-bond donors (Lipinski definition) is 2. The molecule has 0 saturated heterocycles. The van der Waals surface area contributed by atoms with Gasteiger partial charge in [0.15, 0.2) is 0 Å². The largest absolute Gasteiger partial charge is 0.395 e. The Balaban J connectivity index is 0.00000112. The Bertz CT molecular complexity index is 439. The van der Waals surface area contributed by atoms with E-state index in [4.69, 9.17) is 5.11 Å². The van der Waals surface area contributed by atoms with E-state index in [0.717, 1.165) is 5.69 Å². The van der Waals surface area contributed by atoms with Crippen LogP contribution in [0.3, 0.4) is 0 Å². The van der Waals surface area contributed by atoms with Crippen LogP contribution < -0.4 is 5.32 Å². The number of nitrogens with one attached hydrogen (secondary N) is 1. The molecule has 0 spiro atoms. The fourth-order valence-electron chi connectivity index (χ4n) is 1.57. The van der Waals surface area contributed by atoms with Crippen LogP contribution in [0.5, 0.6) is 0 Å². The number of nitrogens with zero attached hydrogens (tertiary/aromatic N) is 1. The molecular formula is C11H15ClN2O. The number of hydrogen-bond acceptors (Lipinski definition) is 2. The molecule has 0 aliphatic carbocycles. The average Bonchev–Trinajstić information content (AvgIpc) is 2.57. The van der Waals surface area contributed by atoms with Crippen LogP contribution in [0.4, 0.5) is 5.69 Å². The van der Waals surface area contributed by atoms with Crippen molar-refractivity contribution < 1.29 is 5.11 Å². The second-order valence-electron chi connectivity index (χ2n) is 3.35. The fourth-order valence-corrected chi connectivity index (χ4v) is 1.57. The van der Waals surface area contributed by atoms with Gasteiger partial charge in [-0.05, 0) is 23.6 Å². The zero-order valence-electron chi connectivity index (χ0n) is 8.60. The maximum atomic E-state index is 8.69. The van der Waals surface area contributed by atoms with Gasteiger partial charge < -0.3 is 15.0 Å². The standard InChI is InChI=1S/C11H14N2O.ClH/c1-13-6-4-9-2-3-10(8-11(9)13)12-5-7-14;/h2-4,6,8,12,14H,5,7H2,1H3;1H. The monoisotopic (exact) mass is 226 g/mol. The van der Waals surface area contributed by atoms with E-state index in [0.29, 0.717) is 6.54 Å². The molecule has 1 aromatic heterocycles. The summed E-state index contributed by atoms with van der Waals surface area (Å²) < 4.78 is 2.08. The Morgan fingerprint density at radius 2 is 2.13 bits per heavy atom. The minimum atomic E-state index is 0. The Morgan fingerprint density at radius 3 is 2.87 bits per heavy atom. The van der Waals surface area contributed by atoms with Crippen LogP contribution in [-0.2, 0) is 7.05 Å². The Labute approximate surface area is 95.1 Å². The molecule has 0 radical (unpaired) electrons. The highest BCUT2D eigenvalue weighted by molar-refractivity contribution is 5.85. The van der Waals surface area contributed by atoms with Crippen molar-refractivity contribution in [1.82, 2.24) is 4.57 Å². The summed E-state index contributed by atoms with van der Waals surface area (Å²) >= 11 is 0. The molecule has 82 valence electrons. The number of aryl methyl sites for hydroxylation is 1. The van der Waals surface area contributed by atoms with Gasteiger partial charge in [0.05, 0.1) is 6.61 Å². The van der Waals surface area contributed by atoms with Gasteiger partial charge in [0.2, 0.25) is 0 Å². The molecule has 0 aliphatic rings. The third-order valence-electron chi connectivity index (χ3n) is 2.33. The lowest BCUT2D eigenvalue weighted by molar-refractivity contribution is 0.311. The van der Waals surface area contributed by atoms with Crippen LogP contribution in [0, 0.1) is 0 Å². The highest BCUT2D eigenvalue weighted by atomic mass is 35.5. The number of benzene rings is 1. The highest BCUT2D eigenvalue weighted by Crippen LogP contribution is 2.19. The number of halogens is 1. The van der Waals surface area contributed by atoms with E-state index in [1.807, 2.05) is 19.3 Å². The van der Waals surface area contributed by atoms with Crippen molar-refractivity contribution in [3.63, 3.8) is 0 Å². The summed E-state index contributed by atoms with van der Waals surface area (Å²) in [6, 6.07) is 8.28. The van der Waals surface area contributed by atoms with Crippen molar-refractivity contribution in [2.45, 2.75) is 0 Å². The van der Waals surface area contributed by atoms with Crippen LogP contribution in [0.1, 0.15) is 0 Å². The van der Waals surface area contributed by atoms with E-state index in [2.05, 4.69) is 28.1 Å². The quantitative estimate of drug-likeness (QED) is 0.840. The number of aliphatic hydroxyl groups excluding tert-OH is 1. The van der Waals surface area contributed by atoms with Crippen LogP contribution in [0.25, 0.3) is 10.9 Å². The first-order valence-electron chi connectivity index (χ1n) is 4.71. The first-order chi connectivity index (χ1) is 6.81. The smallest absolute Gasteiger partial charge is 0.0604 e. The van der Waals surface area contributed by atoms with Crippen LogP contribution in [-0.4, -0.2) is 22.8 Å². The van der Waals surface area contributed by atoms with E-state index < -0.39 is 0 Å². The molecule has 0 aliphatic heterocycles. The minimum Gasteiger partial charge on any atom is -0.395 e. The zero-order valence-corrected chi connectivity index (χ0v) is 9.42. The Kier molecular flexibility index (Phi) is 4.00. The van der Waals surface area contributed by atoms with Gasteiger partial charge in [-0.15, -0.1) is 12.4 Å². The molecule has 4 heteroatoms. The Hall–Kier alpha value is -1.19. The van der Waals surface area contributed by atoms with Gasteiger partial charge in [-0.25, -0.2) is 0 Å². The van der Waals surface area contributed by atoms with E-state index in [1.54, 1.807) is 0 Å². The zero-order chi connectivity index (χ0) is 9.97. The van der Waals surface area contributed by atoms with Crippen molar-refractivity contribution in [3.8, 4) is 0 Å². The van der Waals surface area contributed by atoms with Crippen molar-refractivity contribution >= 4 is 29.0 Å². The van der Waals surface area contributed by atoms with Crippen molar-refractivity contribution in [3.05, 3.63) is 30.5 Å².